The molecule has 0 aliphatic carbocycles. The van der Waals surface area contributed by atoms with Crippen LogP contribution in [0.3, 0.4) is 0 Å². The lowest BCUT2D eigenvalue weighted by Crippen LogP contribution is -2.59. The fourth-order valence-electron chi connectivity index (χ4n) is 2.96. The number of hydrogen-bond donors (Lipinski definition) is 0. The maximum atomic E-state index is 13.0. The number of carbonyl (C=O) groups excluding carboxylic acids is 1. The molecule has 1 aliphatic heterocycles. The van der Waals surface area contributed by atoms with E-state index in [1.165, 1.54) is 11.2 Å². The monoisotopic (exact) mass is 324 g/mol. The first kappa shape index (κ1) is 17.0. The molecule has 0 N–H and O–H groups in total. The molecule has 122 valence electrons. The van der Waals surface area contributed by atoms with Crippen molar-refractivity contribution in [2.24, 2.45) is 5.92 Å². The Balaban J connectivity index is 2.43. The average Bonchev–Trinajstić information content (AvgIpc) is 2.46. The maximum Gasteiger partial charge on any atom is 0.244 e. The molecule has 1 amide bonds. The largest absolute Gasteiger partial charge is 0.326 e. The zero-order valence-electron chi connectivity index (χ0n) is 13.6. The summed E-state index contributed by atoms with van der Waals surface area (Å²) in [6.07, 6.45) is 0.242. The summed E-state index contributed by atoms with van der Waals surface area (Å²) in [6, 6.07) is 6.86. The minimum Gasteiger partial charge on any atom is -0.326 e. The van der Waals surface area contributed by atoms with Gasteiger partial charge < -0.3 is 4.90 Å². The summed E-state index contributed by atoms with van der Waals surface area (Å²) in [6.45, 7) is 8.37. The van der Waals surface area contributed by atoms with Crippen LogP contribution in [0, 0.1) is 12.8 Å². The van der Waals surface area contributed by atoms with Crippen molar-refractivity contribution in [2.45, 2.75) is 45.2 Å². The third-order valence-corrected chi connectivity index (χ3v) is 5.90. The standard InChI is InChI=1S/C16H24N2O3S/c1-12(2)16-17(14(4)19)10-5-11-18(16)22(20,21)15-8-6-13(3)7-9-15/h6-9,12,16H,5,10-11H2,1-4H3. The lowest BCUT2D eigenvalue weighted by Gasteiger charge is -2.44. The molecule has 1 unspecified atom stereocenters. The van der Waals surface area contributed by atoms with E-state index in [0.717, 1.165) is 5.56 Å². The molecule has 0 bridgehead atoms. The summed E-state index contributed by atoms with van der Waals surface area (Å²) in [7, 11) is -3.60. The van der Waals surface area contributed by atoms with Gasteiger partial charge in [-0.15, -0.1) is 0 Å². The molecule has 1 heterocycles. The highest BCUT2D eigenvalue weighted by Crippen LogP contribution is 2.28. The Morgan fingerprint density at radius 3 is 2.27 bits per heavy atom. The van der Waals surface area contributed by atoms with E-state index in [1.807, 2.05) is 20.8 Å². The molecule has 0 radical (unpaired) electrons. The van der Waals surface area contributed by atoms with E-state index < -0.39 is 16.2 Å². The number of carbonyl (C=O) groups is 1. The van der Waals surface area contributed by atoms with Gasteiger partial charge in [-0.1, -0.05) is 31.5 Å². The summed E-state index contributed by atoms with van der Waals surface area (Å²) >= 11 is 0. The van der Waals surface area contributed by atoms with Gasteiger partial charge in [-0.2, -0.15) is 4.31 Å². The number of aryl methyl sites for hydroxylation is 1. The molecule has 0 spiro atoms. The van der Waals surface area contributed by atoms with Crippen LogP contribution in [0.25, 0.3) is 0 Å². The van der Waals surface area contributed by atoms with Crippen molar-refractivity contribution < 1.29 is 13.2 Å². The van der Waals surface area contributed by atoms with E-state index in [9.17, 15) is 13.2 Å². The lowest BCUT2D eigenvalue weighted by atomic mass is 10.1. The molecular formula is C16H24N2O3S. The van der Waals surface area contributed by atoms with Crippen molar-refractivity contribution in [1.29, 1.82) is 0 Å². The van der Waals surface area contributed by atoms with E-state index >= 15 is 0 Å². The van der Waals surface area contributed by atoms with Gasteiger partial charge in [-0.05, 0) is 31.4 Å². The van der Waals surface area contributed by atoms with Crippen molar-refractivity contribution in [3.05, 3.63) is 29.8 Å². The Bertz CT molecular complexity index is 638. The second-order valence-corrected chi connectivity index (χ2v) is 8.04. The molecule has 2 rings (SSSR count). The number of amides is 1. The minimum atomic E-state index is -3.60. The van der Waals surface area contributed by atoms with Gasteiger partial charge in [0.1, 0.15) is 6.17 Å². The highest BCUT2D eigenvalue weighted by atomic mass is 32.2. The lowest BCUT2D eigenvalue weighted by molar-refractivity contribution is -0.137. The molecule has 0 aromatic heterocycles. The van der Waals surface area contributed by atoms with Crippen molar-refractivity contribution in [2.75, 3.05) is 13.1 Å². The number of nitrogens with zero attached hydrogens (tertiary/aromatic N) is 2. The van der Waals surface area contributed by atoms with Gasteiger partial charge in [0.15, 0.2) is 0 Å². The van der Waals surface area contributed by atoms with Gasteiger partial charge in [-0.3, -0.25) is 4.79 Å². The Labute approximate surface area is 133 Å². The van der Waals surface area contributed by atoms with Crippen LogP contribution in [0.5, 0.6) is 0 Å². The zero-order chi connectivity index (χ0) is 16.5. The summed E-state index contributed by atoms with van der Waals surface area (Å²) < 4.78 is 27.4. The van der Waals surface area contributed by atoms with Crippen molar-refractivity contribution in [3.63, 3.8) is 0 Å². The van der Waals surface area contributed by atoms with Crippen LogP contribution in [0.2, 0.25) is 0 Å². The van der Waals surface area contributed by atoms with Crippen LogP contribution >= 0.6 is 0 Å². The van der Waals surface area contributed by atoms with Crippen LogP contribution in [-0.4, -0.2) is 42.8 Å². The van der Waals surface area contributed by atoms with E-state index in [-0.39, 0.29) is 16.7 Å². The molecule has 1 saturated heterocycles. The topological polar surface area (TPSA) is 57.7 Å². The summed E-state index contributed by atoms with van der Waals surface area (Å²) in [4.78, 5) is 13.8. The highest BCUT2D eigenvalue weighted by Gasteiger charge is 2.40. The van der Waals surface area contributed by atoms with Crippen molar-refractivity contribution in [3.8, 4) is 0 Å². The van der Waals surface area contributed by atoms with E-state index in [2.05, 4.69) is 0 Å². The molecule has 22 heavy (non-hydrogen) atoms. The van der Waals surface area contributed by atoms with Gasteiger partial charge in [0.2, 0.25) is 15.9 Å². The van der Waals surface area contributed by atoms with Gasteiger partial charge in [-0.25, -0.2) is 8.42 Å². The fourth-order valence-corrected chi connectivity index (χ4v) is 4.72. The van der Waals surface area contributed by atoms with Gasteiger partial charge in [0.05, 0.1) is 4.90 Å². The molecule has 1 atom stereocenters. The number of sulfonamides is 1. The van der Waals surface area contributed by atoms with E-state index in [1.54, 1.807) is 29.2 Å². The Morgan fingerprint density at radius 2 is 1.77 bits per heavy atom. The first-order chi connectivity index (χ1) is 10.2. The van der Waals surface area contributed by atoms with Crippen LogP contribution in [0.15, 0.2) is 29.2 Å². The Hall–Kier alpha value is -1.40. The predicted octanol–water partition coefficient (Wildman–Crippen LogP) is 2.22. The third kappa shape index (κ3) is 3.17. The smallest absolute Gasteiger partial charge is 0.244 e. The first-order valence-corrected chi connectivity index (χ1v) is 9.05. The molecule has 1 aromatic rings. The van der Waals surface area contributed by atoms with Gasteiger partial charge >= 0.3 is 0 Å². The highest BCUT2D eigenvalue weighted by molar-refractivity contribution is 7.89. The van der Waals surface area contributed by atoms with Crippen LogP contribution in [0.1, 0.15) is 32.8 Å². The van der Waals surface area contributed by atoms with Crippen LogP contribution in [-0.2, 0) is 14.8 Å². The Morgan fingerprint density at radius 1 is 1.18 bits per heavy atom. The maximum absolute atomic E-state index is 13.0. The number of hydrogen-bond acceptors (Lipinski definition) is 3. The number of benzene rings is 1. The molecule has 5 nitrogen and oxygen atoms in total. The van der Waals surface area contributed by atoms with Crippen molar-refractivity contribution in [1.82, 2.24) is 9.21 Å². The Kier molecular flexibility index (Phi) is 4.92. The molecule has 1 aliphatic rings. The predicted molar refractivity (Wildman–Crippen MR) is 85.7 cm³/mol. The minimum absolute atomic E-state index is 0.0319. The first-order valence-electron chi connectivity index (χ1n) is 7.61. The molecule has 1 aromatic carbocycles. The van der Waals surface area contributed by atoms with E-state index in [0.29, 0.717) is 19.5 Å². The summed E-state index contributed by atoms with van der Waals surface area (Å²) in [5.41, 5.74) is 1.02. The summed E-state index contributed by atoms with van der Waals surface area (Å²) in [5, 5.41) is 0. The summed E-state index contributed by atoms with van der Waals surface area (Å²) in [5.74, 6) is -0.0491. The van der Waals surface area contributed by atoms with Crippen LogP contribution in [0.4, 0.5) is 0 Å². The normalized spacial score (nSPS) is 20.4. The van der Waals surface area contributed by atoms with Gasteiger partial charge in [0, 0.05) is 20.0 Å². The average molecular weight is 324 g/mol. The van der Waals surface area contributed by atoms with Crippen LogP contribution < -0.4 is 0 Å². The third-order valence-electron chi connectivity index (χ3n) is 4.02. The second kappa shape index (κ2) is 6.38. The molecule has 0 saturated carbocycles. The number of rotatable bonds is 3. The quantitative estimate of drug-likeness (QED) is 0.856. The van der Waals surface area contributed by atoms with Gasteiger partial charge in [0.25, 0.3) is 0 Å². The molecule has 6 heteroatoms. The molecular weight excluding hydrogens is 300 g/mol. The van der Waals surface area contributed by atoms with E-state index in [4.69, 9.17) is 0 Å². The second-order valence-electron chi connectivity index (χ2n) is 6.15. The fraction of sp³-hybridized carbons (Fsp3) is 0.562. The van der Waals surface area contributed by atoms with Crippen molar-refractivity contribution >= 4 is 15.9 Å². The molecule has 1 fully saturated rings. The SMILES string of the molecule is CC(=O)N1CCCN(S(=O)(=O)c2ccc(C)cc2)C1C(C)C. The zero-order valence-corrected chi connectivity index (χ0v) is 14.4.